The molecule has 1 saturated carbocycles. The predicted molar refractivity (Wildman–Crippen MR) is 77.1 cm³/mol. The van der Waals surface area contributed by atoms with Crippen molar-refractivity contribution in [2.24, 2.45) is 5.92 Å². The van der Waals surface area contributed by atoms with Crippen molar-refractivity contribution in [1.82, 2.24) is 9.80 Å². The molecule has 2 aliphatic heterocycles. The minimum atomic E-state index is -0.0800. The fourth-order valence-electron chi connectivity index (χ4n) is 4.13. The Morgan fingerprint density at radius 3 is 2.50 bits per heavy atom. The van der Waals surface area contributed by atoms with Crippen LogP contribution in [0.15, 0.2) is 0 Å². The molecule has 0 aromatic carbocycles. The van der Waals surface area contributed by atoms with Gasteiger partial charge < -0.3 is 9.80 Å². The van der Waals surface area contributed by atoms with Gasteiger partial charge in [-0.3, -0.25) is 9.59 Å². The Kier molecular flexibility index (Phi) is 3.99. The molecule has 0 unspecified atom stereocenters. The molecule has 0 spiro atoms. The van der Waals surface area contributed by atoms with E-state index in [1.165, 1.54) is 19.3 Å². The molecule has 1 aliphatic carbocycles. The van der Waals surface area contributed by atoms with Crippen LogP contribution < -0.4 is 0 Å². The van der Waals surface area contributed by atoms with Gasteiger partial charge in [0.05, 0.1) is 5.92 Å². The lowest BCUT2D eigenvalue weighted by Crippen LogP contribution is -2.46. The number of hydrogen-bond acceptors (Lipinski definition) is 2. The Hall–Kier alpha value is -1.06. The van der Waals surface area contributed by atoms with Crippen molar-refractivity contribution in [1.29, 1.82) is 0 Å². The molecule has 2 amide bonds. The van der Waals surface area contributed by atoms with Gasteiger partial charge in [0.2, 0.25) is 11.8 Å². The zero-order valence-corrected chi connectivity index (χ0v) is 12.5. The van der Waals surface area contributed by atoms with Crippen molar-refractivity contribution in [2.45, 2.75) is 70.4 Å². The Labute approximate surface area is 121 Å². The van der Waals surface area contributed by atoms with Crippen LogP contribution in [0.3, 0.4) is 0 Å². The van der Waals surface area contributed by atoms with Gasteiger partial charge in [-0.25, -0.2) is 0 Å². The van der Waals surface area contributed by atoms with Crippen LogP contribution in [0, 0.1) is 5.92 Å². The molecular formula is C16H26N2O2. The molecule has 2 heterocycles. The van der Waals surface area contributed by atoms with E-state index in [4.69, 9.17) is 0 Å². The van der Waals surface area contributed by atoms with E-state index >= 15 is 0 Å². The highest BCUT2D eigenvalue weighted by atomic mass is 16.2. The average molecular weight is 278 g/mol. The Bertz CT molecular complexity index is 390. The molecule has 20 heavy (non-hydrogen) atoms. The van der Waals surface area contributed by atoms with Crippen LogP contribution in [0.25, 0.3) is 0 Å². The number of carbonyl (C=O) groups is 2. The first kappa shape index (κ1) is 13.9. The average Bonchev–Trinajstić information content (AvgIpc) is 3.07. The third kappa shape index (κ3) is 2.57. The van der Waals surface area contributed by atoms with Gasteiger partial charge in [0.15, 0.2) is 0 Å². The largest absolute Gasteiger partial charge is 0.340 e. The molecule has 2 atom stereocenters. The van der Waals surface area contributed by atoms with Crippen molar-refractivity contribution in [3.05, 3.63) is 0 Å². The monoisotopic (exact) mass is 278 g/mol. The molecule has 0 aromatic heterocycles. The number of amides is 2. The summed E-state index contributed by atoms with van der Waals surface area (Å²) in [5, 5.41) is 0. The molecule has 0 N–H and O–H groups in total. The van der Waals surface area contributed by atoms with Gasteiger partial charge in [-0.05, 0) is 39.0 Å². The van der Waals surface area contributed by atoms with Crippen LogP contribution in [-0.2, 0) is 9.59 Å². The molecule has 2 saturated heterocycles. The first-order valence-corrected chi connectivity index (χ1v) is 8.27. The van der Waals surface area contributed by atoms with Gasteiger partial charge >= 0.3 is 0 Å². The van der Waals surface area contributed by atoms with E-state index in [1.807, 2.05) is 9.80 Å². The second-order valence-electron chi connectivity index (χ2n) is 6.76. The Morgan fingerprint density at radius 1 is 1.10 bits per heavy atom. The van der Waals surface area contributed by atoms with E-state index in [-0.39, 0.29) is 17.7 Å². The minimum absolute atomic E-state index is 0.0800. The Morgan fingerprint density at radius 2 is 1.80 bits per heavy atom. The summed E-state index contributed by atoms with van der Waals surface area (Å²) in [5.74, 6) is 0.356. The maximum absolute atomic E-state index is 12.7. The summed E-state index contributed by atoms with van der Waals surface area (Å²) in [6, 6.07) is 0.769. The molecule has 3 aliphatic rings. The normalized spacial score (nSPS) is 32.1. The van der Waals surface area contributed by atoms with Crippen LogP contribution in [0.2, 0.25) is 0 Å². The van der Waals surface area contributed by atoms with Crippen molar-refractivity contribution >= 4 is 11.8 Å². The van der Waals surface area contributed by atoms with Gasteiger partial charge in [0, 0.05) is 31.6 Å². The van der Waals surface area contributed by atoms with Crippen molar-refractivity contribution < 1.29 is 9.59 Å². The highest BCUT2D eigenvalue weighted by Gasteiger charge is 2.41. The summed E-state index contributed by atoms with van der Waals surface area (Å²) in [6.45, 7) is 3.70. The fraction of sp³-hybridized carbons (Fsp3) is 0.875. The van der Waals surface area contributed by atoms with E-state index < -0.39 is 0 Å². The molecule has 0 radical (unpaired) electrons. The number of nitrogens with zero attached hydrogens (tertiary/aromatic N) is 2. The standard InChI is InChI=1S/C16H26N2O2/c1-12-6-4-5-9-17(12)16(20)13-10-15(19)18(11-13)14-7-2-3-8-14/h12-14H,2-11H2,1H3/t12-,13-/m0/s1. The van der Waals surface area contributed by atoms with Crippen molar-refractivity contribution in [3.63, 3.8) is 0 Å². The highest BCUT2D eigenvalue weighted by molar-refractivity contribution is 5.89. The quantitative estimate of drug-likeness (QED) is 0.777. The van der Waals surface area contributed by atoms with Gasteiger partial charge in [-0.2, -0.15) is 0 Å². The second kappa shape index (κ2) is 5.74. The third-order valence-corrected chi connectivity index (χ3v) is 5.36. The highest BCUT2D eigenvalue weighted by Crippen LogP contribution is 2.31. The first-order chi connectivity index (χ1) is 9.66. The summed E-state index contributed by atoms with van der Waals surface area (Å²) in [4.78, 5) is 28.9. The summed E-state index contributed by atoms with van der Waals surface area (Å²) in [6.07, 6.45) is 8.62. The lowest BCUT2D eigenvalue weighted by Gasteiger charge is -2.35. The zero-order chi connectivity index (χ0) is 14.1. The van der Waals surface area contributed by atoms with Gasteiger partial charge in [0.1, 0.15) is 0 Å². The zero-order valence-electron chi connectivity index (χ0n) is 12.5. The molecule has 0 bridgehead atoms. The molecule has 3 rings (SSSR count). The molecule has 4 nitrogen and oxygen atoms in total. The van der Waals surface area contributed by atoms with Crippen LogP contribution in [0.1, 0.15) is 58.3 Å². The SMILES string of the molecule is C[C@H]1CCCCN1C(=O)[C@H]1CC(=O)N(C2CCCC2)C1. The summed E-state index contributed by atoms with van der Waals surface area (Å²) in [5.41, 5.74) is 0. The number of piperidine rings is 1. The van der Waals surface area contributed by atoms with E-state index in [9.17, 15) is 9.59 Å². The maximum atomic E-state index is 12.7. The van der Waals surface area contributed by atoms with Gasteiger partial charge in [-0.1, -0.05) is 12.8 Å². The lowest BCUT2D eigenvalue weighted by atomic mass is 9.99. The van der Waals surface area contributed by atoms with E-state index in [1.54, 1.807) is 0 Å². The molecule has 0 aromatic rings. The minimum Gasteiger partial charge on any atom is -0.340 e. The fourth-order valence-corrected chi connectivity index (χ4v) is 4.13. The van der Waals surface area contributed by atoms with Gasteiger partial charge in [0.25, 0.3) is 0 Å². The predicted octanol–water partition coefficient (Wildman–Crippen LogP) is 2.18. The number of rotatable bonds is 2. The smallest absolute Gasteiger partial charge is 0.228 e. The lowest BCUT2D eigenvalue weighted by molar-refractivity contribution is -0.139. The van der Waals surface area contributed by atoms with E-state index in [2.05, 4.69) is 6.92 Å². The Balaban J connectivity index is 1.63. The van der Waals surface area contributed by atoms with E-state index in [0.717, 1.165) is 32.2 Å². The number of hydrogen-bond donors (Lipinski definition) is 0. The number of carbonyl (C=O) groups excluding carboxylic acids is 2. The summed E-state index contributed by atoms with van der Waals surface area (Å²) < 4.78 is 0. The van der Waals surface area contributed by atoms with Gasteiger partial charge in [-0.15, -0.1) is 0 Å². The first-order valence-electron chi connectivity index (χ1n) is 8.27. The third-order valence-electron chi connectivity index (χ3n) is 5.36. The van der Waals surface area contributed by atoms with Crippen LogP contribution in [0.4, 0.5) is 0 Å². The summed E-state index contributed by atoms with van der Waals surface area (Å²) >= 11 is 0. The second-order valence-corrected chi connectivity index (χ2v) is 6.76. The molecule has 112 valence electrons. The van der Waals surface area contributed by atoms with Crippen LogP contribution in [-0.4, -0.2) is 46.8 Å². The van der Waals surface area contributed by atoms with Crippen molar-refractivity contribution in [2.75, 3.05) is 13.1 Å². The maximum Gasteiger partial charge on any atom is 0.228 e. The van der Waals surface area contributed by atoms with Crippen LogP contribution >= 0.6 is 0 Å². The molecular weight excluding hydrogens is 252 g/mol. The molecule has 4 heteroatoms. The van der Waals surface area contributed by atoms with Crippen LogP contribution in [0.5, 0.6) is 0 Å². The topological polar surface area (TPSA) is 40.6 Å². The molecule has 3 fully saturated rings. The summed E-state index contributed by atoms with van der Waals surface area (Å²) in [7, 11) is 0. The van der Waals surface area contributed by atoms with E-state index in [0.29, 0.717) is 25.0 Å². The van der Waals surface area contributed by atoms with Crippen molar-refractivity contribution in [3.8, 4) is 0 Å². The number of likely N-dealkylation sites (tertiary alicyclic amines) is 2.